The zero-order valence-corrected chi connectivity index (χ0v) is 35.8. The van der Waals surface area contributed by atoms with E-state index in [0.717, 1.165) is 164 Å². The van der Waals surface area contributed by atoms with Crippen LogP contribution in [0.5, 0.6) is 11.5 Å². The number of aromatic nitrogens is 2. The Balaban J connectivity index is 0.000000157. The molecule has 4 fully saturated rings. The van der Waals surface area contributed by atoms with Crippen LogP contribution in [0, 0.1) is 0 Å². The molecular weight excluding hydrogens is 763 g/mol. The van der Waals surface area contributed by atoms with Gasteiger partial charge in [-0.3, -0.25) is 19.8 Å². The fourth-order valence-corrected chi connectivity index (χ4v) is 9.46. The smallest absolute Gasteiger partial charge is 0.376 e. The van der Waals surface area contributed by atoms with Crippen molar-refractivity contribution >= 4 is 19.2 Å². The third kappa shape index (κ3) is 10.8. The maximum absolute atomic E-state index is 9.72. The molecule has 0 bridgehead atoms. The maximum Gasteiger partial charge on any atom is 0.376 e. The second-order valence-electron chi connectivity index (χ2n) is 17.3. The average Bonchev–Trinajstić information content (AvgIpc) is 3.92. The van der Waals surface area contributed by atoms with Crippen LogP contribution in [0.4, 0.5) is 0 Å². The molecular formula is C49H61BN6O5. The van der Waals surface area contributed by atoms with Crippen molar-refractivity contribution in [3.8, 4) is 34.0 Å². The molecule has 320 valence electrons. The first-order valence-electron chi connectivity index (χ1n) is 22.6. The van der Waals surface area contributed by atoms with Crippen LogP contribution in [0.1, 0.15) is 47.9 Å². The van der Waals surface area contributed by atoms with Crippen molar-refractivity contribution in [3.63, 3.8) is 0 Å². The summed E-state index contributed by atoms with van der Waals surface area (Å²) in [6, 6.07) is 21.1. The Morgan fingerprint density at radius 2 is 1.07 bits per heavy atom. The van der Waals surface area contributed by atoms with Crippen molar-refractivity contribution in [2.24, 2.45) is 0 Å². The highest BCUT2D eigenvalue weighted by Crippen LogP contribution is 2.35. The second-order valence-corrected chi connectivity index (χ2v) is 17.3. The van der Waals surface area contributed by atoms with Gasteiger partial charge in [0, 0.05) is 73.9 Å². The third-order valence-corrected chi connectivity index (χ3v) is 12.9. The summed E-state index contributed by atoms with van der Waals surface area (Å²) in [5, 5.41) is 13.1. The summed E-state index contributed by atoms with van der Waals surface area (Å²) in [6.07, 6.45) is 15.2. The standard InChI is InChI=1S/C25H32BN3O3.C24H29N3O2/c1-26(30)29-10-7-23(8-11-29)32-22-4-2-20(3-5-22)25-24-17-19(16-21(24)6-9-27-25)18-28-12-14-31-15-13-28;1-3-21(29-22-6-8-25-9-7-22)4-2-19(1)24-23-16-18(15-20(23)5-10-26-24)17-27-11-13-28-14-12-27/h2-6,9,17,23,30H,7-8,10-16,18H2,1H3;1-5,10,16,22,25H,6-9,11-15,17H2. The minimum absolute atomic E-state index is 0.209. The summed E-state index contributed by atoms with van der Waals surface area (Å²) in [5.41, 5.74) is 12.6. The minimum Gasteiger partial charge on any atom is -0.490 e. The lowest BCUT2D eigenvalue weighted by molar-refractivity contribution is 0.0421. The minimum atomic E-state index is -0.376. The normalized spacial score (nSPS) is 20.2. The molecule has 2 aliphatic carbocycles. The number of benzene rings is 2. The van der Waals surface area contributed by atoms with E-state index in [1.807, 2.05) is 19.2 Å². The number of hydrogen-bond acceptors (Lipinski definition) is 11. The van der Waals surface area contributed by atoms with Crippen molar-refractivity contribution in [1.29, 1.82) is 0 Å². The van der Waals surface area contributed by atoms with Crippen molar-refractivity contribution in [2.75, 3.05) is 91.9 Å². The Hall–Kier alpha value is -4.40. The van der Waals surface area contributed by atoms with Crippen LogP contribution in [0.3, 0.4) is 0 Å². The number of ether oxygens (including phenoxy) is 4. The van der Waals surface area contributed by atoms with Crippen molar-refractivity contribution in [2.45, 2.75) is 57.6 Å². The fourth-order valence-electron chi connectivity index (χ4n) is 9.46. The highest BCUT2D eigenvalue weighted by atomic mass is 16.5. The molecule has 2 aromatic heterocycles. The summed E-state index contributed by atoms with van der Waals surface area (Å²) in [7, 11) is -0.376. The Morgan fingerprint density at radius 1 is 0.623 bits per heavy atom. The van der Waals surface area contributed by atoms with Crippen molar-refractivity contribution in [3.05, 3.63) is 106 Å². The largest absolute Gasteiger partial charge is 0.490 e. The molecule has 11 nitrogen and oxygen atoms in total. The van der Waals surface area contributed by atoms with Crippen LogP contribution >= 0.6 is 0 Å². The highest BCUT2D eigenvalue weighted by Gasteiger charge is 2.26. The number of rotatable bonds is 11. The molecule has 0 radical (unpaired) electrons. The second kappa shape index (κ2) is 20.2. The van der Waals surface area contributed by atoms with Gasteiger partial charge >= 0.3 is 7.05 Å². The molecule has 6 aliphatic rings. The molecule has 2 N–H and O–H groups in total. The number of pyridine rings is 2. The van der Waals surface area contributed by atoms with E-state index in [4.69, 9.17) is 28.9 Å². The van der Waals surface area contributed by atoms with E-state index in [1.165, 1.54) is 33.4 Å². The van der Waals surface area contributed by atoms with Crippen LogP contribution in [0.15, 0.2) is 84.2 Å². The van der Waals surface area contributed by atoms with Crippen molar-refractivity contribution in [1.82, 2.24) is 29.9 Å². The van der Waals surface area contributed by atoms with Gasteiger partial charge in [0.1, 0.15) is 23.7 Å². The Kier molecular flexibility index (Phi) is 13.9. The zero-order valence-electron chi connectivity index (χ0n) is 35.8. The number of nitrogens with zero attached hydrogens (tertiary/aromatic N) is 5. The lowest BCUT2D eigenvalue weighted by Gasteiger charge is -2.32. The molecule has 10 rings (SSSR count). The van der Waals surface area contributed by atoms with Crippen LogP contribution in [0.2, 0.25) is 6.82 Å². The molecule has 4 aromatic rings. The van der Waals surface area contributed by atoms with Gasteiger partial charge in [0.15, 0.2) is 0 Å². The SMILES string of the molecule is C1=C(CN2CCOCC2)Cc2ccnc(-c3ccc(OC4CCNCC4)cc3)c21.CB(O)N1CCC(Oc2ccc(-c3nccc4c3C=C(CN3CCOCC3)C4)cc2)CC1. The van der Waals surface area contributed by atoms with Crippen LogP contribution in [0.25, 0.3) is 34.7 Å². The van der Waals surface area contributed by atoms with E-state index in [2.05, 4.69) is 92.7 Å². The van der Waals surface area contributed by atoms with Gasteiger partial charge < -0.3 is 34.1 Å². The molecule has 61 heavy (non-hydrogen) atoms. The average molecular weight is 825 g/mol. The molecule has 0 unspecified atom stereocenters. The fraction of sp³-hybridized carbons (Fsp3) is 0.469. The van der Waals surface area contributed by atoms with Gasteiger partial charge in [-0.25, -0.2) is 0 Å². The van der Waals surface area contributed by atoms with Gasteiger partial charge in [-0.2, -0.15) is 0 Å². The van der Waals surface area contributed by atoms with Gasteiger partial charge in [0.2, 0.25) is 0 Å². The topological polar surface area (TPSA) is 105 Å². The van der Waals surface area contributed by atoms with E-state index in [1.54, 1.807) is 0 Å². The highest BCUT2D eigenvalue weighted by molar-refractivity contribution is 6.45. The van der Waals surface area contributed by atoms with Crippen LogP contribution in [-0.4, -0.2) is 141 Å². The monoisotopic (exact) mass is 824 g/mol. The van der Waals surface area contributed by atoms with E-state index in [0.29, 0.717) is 6.10 Å². The number of hydrogen-bond donors (Lipinski definition) is 2. The summed E-state index contributed by atoms with van der Waals surface area (Å²) < 4.78 is 23.3. The first-order chi connectivity index (χ1) is 30.0. The molecule has 4 aliphatic heterocycles. The molecule has 2 aromatic carbocycles. The first kappa shape index (κ1) is 41.9. The van der Waals surface area contributed by atoms with Gasteiger partial charge in [-0.05, 0) is 143 Å². The lowest BCUT2D eigenvalue weighted by atomic mass is 9.82. The predicted octanol–water partition coefficient (Wildman–Crippen LogP) is 6.12. The summed E-state index contributed by atoms with van der Waals surface area (Å²) in [5.74, 6) is 1.86. The first-order valence-corrected chi connectivity index (χ1v) is 22.6. The Labute approximate surface area is 361 Å². The number of piperidine rings is 2. The van der Waals surface area contributed by atoms with E-state index >= 15 is 0 Å². The molecule has 6 heterocycles. The van der Waals surface area contributed by atoms with Crippen molar-refractivity contribution < 1.29 is 24.0 Å². The summed E-state index contributed by atoms with van der Waals surface area (Å²) in [4.78, 5) is 16.5. The number of nitrogens with one attached hydrogen (secondary N) is 1. The van der Waals surface area contributed by atoms with E-state index < -0.39 is 0 Å². The third-order valence-electron chi connectivity index (χ3n) is 12.9. The molecule has 0 amide bonds. The Morgan fingerprint density at radius 3 is 1.51 bits per heavy atom. The zero-order chi connectivity index (χ0) is 41.4. The number of morpholine rings is 2. The van der Waals surface area contributed by atoms with Crippen LogP contribution in [-0.2, 0) is 22.3 Å². The summed E-state index contributed by atoms with van der Waals surface area (Å²) in [6.45, 7) is 15.1. The van der Waals surface area contributed by atoms with Gasteiger partial charge in [-0.1, -0.05) is 23.3 Å². The maximum atomic E-state index is 9.72. The van der Waals surface area contributed by atoms with Gasteiger partial charge in [0.05, 0.1) is 37.8 Å². The Bertz CT molecular complexity index is 2120. The van der Waals surface area contributed by atoms with Gasteiger partial charge in [0.25, 0.3) is 0 Å². The van der Waals surface area contributed by atoms with Gasteiger partial charge in [-0.15, -0.1) is 0 Å². The van der Waals surface area contributed by atoms with E-state index in [9.17, 15) is 5.02 Å². The summed E-state index contributed by atoms with van der Waals surface area (Å²) >= 11 is 0. The quantitative estimate of drug-likeness (QED) is 0.171. The lowest BCUT2D eigenvalue weighted by Crippen LogP contribution is -2.45. The van der Waals surface area contributed by atoms with E-state index in [-0.39, 0.29) is 13.2 Å². The molecule has 0 saturated carbocycles. The molecule has 0 atom stereocenters. The molecule has 4 saturated heterocycles. The molecule has 0 spiro atoms. The molecule has 12 heteroatoms. The number of fused-ring (bicyclic) bond motifs is 2. The predicted molar refractivity (Wildman–Crippen MR) is 243 cm³/mol. The van der Waals surface area contributed by atoms with Crippen LogP contribution < -0.4 is 14.8 Å².